The van der Waals surface area contributed by atoms with Gasteiger partial charge in [-0.1, -0.05) is 18.2 Å². The summed E-state index contributed by atoms with van der Waals surface area (Å²) < 4.78 is 10.8. The minimum Gasteiger partial charge on any atom is -0.484 e. The maximum Gasteiger partial charge on any atom is 0.279 e. The lowest BCUT2D eigenvalue weighted by Crippen LogP contribution is -2.49. The van der Waals surface area contributed by atoms with Crippen molar-refractivity contribution in [2.45, 2.75) is 12.5 Å². The van der Waals surface area contributed by atoms with Crippen LogP contribution < -0.4 is 20.3 Å². The number of para-hydroxylation sites is 1. The largest absolute Gasteiger partial charge is 0.484 e. The molecule has 1 atom stereocenters. The van der Waals surface area contributed by atoms with Crippen molar-refractivity contribution in [3.63, 3.8) is 0 Å². The van der Waals surface area contributed by atoms with E-state index in [0.29, 0.717) is 23.5 Å². The molecule has 0 saturated carbocycles. The van der Waals surface area contributed by atoms with Gasteiger partial charge in [0.15, 0.2) is 12.7 Å². The molecule has 0 saturated heterocycles. The Hall–Kier alpha value is -3.53. The molecule has 2 aromatic carbocycles. The molecule has 0 bridgehead atoms. The first-order valence-corrected chi connectivity index (χ1v) is 7.62. The van der Waals surface area contributed by atoms with Gasteiger partial charge in [-0.05, 0) is 35.9 Å². The number of amides is 2. The first-order valence-electron chi connectivity index (χ1n) is 7.62. The molecule has 0 unspecified atom stereocenters. The third-order valence-corrected chi connectivity index (χ3v) is 3.62. The highest BCUT2D eigenvalue weighted by Gasteiger charge is 2.28. The molecule has 126 valence electrons. The van der Waals surface area contributed by atoms with Gasteiger partial charge in [-0.25, -0.2) is 0 Å². The normalized spacial score (nSPS) is 14.6. The van der Waals surface area contributed by atoms with E-state index in [1.807, 2.05) is 24.3 Å². The Bertz CT molecular complexity index is 802. The molecule has 2 amide bonds. The number of hydrogen-bond donors (Lipinski definition) is 2. The summed E-state index contributed by atoms with van der Waals surface area (Å²) in [7, 11) is 0. The second-order valence-corrected chi connectivity index (χ2v) is 5.38. The zero-order valence-electron chi connectivity index (χ0n) is 13.2. The van der Waals surface area contributed by atoms with Crippen molar-refractivity contribution in [1.29, 1.82) is 5.26 Å². The maximum absolute atomic E-state index is 12.0. The number of hydrazine groups is 1. The van der Waals surface area contributed by atoms with Gasteiger partial charge in [0, 0.05) is 6.42 Å². The second-order valence-electron chi connectivity index (χ2n) is 5.38. The predicted molar refractivity (Wildman–Crippen MR) is 87.5 cm³/mol. The fourth-order valence-corrected chi connectivity index (χ4v) is 2.35. The minimum absolute atomic E-state index is 0.266. The third-order valence-electron chi connectivity index (χ3n) is 3.62. The number of ether oxygens (including phenoxy) is 2. The average Bonchev–Trinajstić information content (AvgIpc) is 3.09. The molecule has 3 rings (SSSR count). The molecule has 0 radical (unpaired) electrons. The number of hydrogen-bond acceptors (Lipinski definition) is 5. The Morgan fingerprint density at radius 1 is 1.16 bits per heavy atom. The smallest absolute Gasteiger partial charge is 0.279 e. The van der Waals surface area contributed by atoms with Crippen LogP contribution in [0.4, 0.5) is 0 Å². The summed E-state index contributed by atoms with van der Waals surface area (Å²) in [6, 6.07) is 15.8. The number of nitriles is 1. The summed E-state index contributed by atoms with van der Waals surface area (Å²) in [5.41, 5.74) is 6.07. The lowest BCUT2D eigenvalue weighted by Gasteiger charge is -2.12. The van der Waals surface area contributed by atoms with Crippen LogP contribution in [-0.2, 0) is 16.0 Å². The van der Waals surface area contributed by atoms with Gasteiger partial charge in [0.2, 0.25) is 0 Å². The molecule has 0 aromatic heterocycles. The Labute approximate surface area is 144 Å². The Morgan fingerprint density at radius 2 is 1.92 bits per heavy atom. The second kappa shape index (κ2) is 7.36. The van der Waals surface area contributed by atoms with Crippen LogP contribution in [0.15, 0.2) is 48.5 Å². The van der Waals surface area contributed by atoms with Crippen molar-refractivity contribution < 1.29 is 19.1 Å². The fraction of sp³-hybridized carbons (Fsp3) is 0.167. The number of rotatable bonds is 4. The van der Waals surface area contributed by atoms with Gasteiger partial charge >= 0.3 is 0 Å². The molecule has 7 heteroatoms. The molecule has 2 aromatic rings. The molecule has 0 fully saturated rings. The molecule has 25 heavy (non-hydrogen) atoms. The SMILES string of the molecule is N#Cc1ccc(OCC(=O)NNC(=O)[C@@H]2Cc3ccccc3O2)cc1. The first kappa shape index (κ1) is 16.3. The molecule has 1 aliphatic rings. The molecule has 1 aliphatic heterocycles. The van der Waals surface area contributed by atoms with Gasteiger partial charge in [0.05, 0.1) is 11.6 Å². The summed E-state index contributed by atoms with van der Waals surface area (Å²) in [5.74, 6) is 0.198. The fourth-order valence-electron chi connectivity index (χ4n) is 2.35. The van der Waals surface area contributed by atoms with Crippen molar-refractivity contribution in [1.82, 2.24) is 10.9 Å². The van der Waals surface area contributed by atoms with E-state index in [9.17, 15) is 9.59 Å². The molecule has 1 heterocycles. The topological polar surface area (TPSA) is 100 Å². The molecule has 2 N–H and O–H groups in total. The van der Waals surface area contributed by atoms with E-state index in [-0.39, 0.29) is 6.61 Å². The van der Waals surface area contributed by atoms with E-state index in [0.717, 1.165) is 5.56 Å². The highest BCUT2D eigenvalue weighted by molar-refractivity contribution is 5.86. The van der Waals surface area contributed by atoms with Crippen LogP contribution in [0.5, 0.6) is 11.5 Å². The van der Waals surface area contributed by atoms with Crippen molar-refractivity contribution >= 4 is 11.8 Å². The van der Waals surface area contributed by atoms with Gasteiger partial charge in [-0.15, -0.1) is 0 Å². The van der Waals surface area contributed by atoms with Crippen LogP contribution in [0.3, 0.4) is 0 Å². The van der Waals surface area contributed by atoms with Gasteiger partial charge in [0.25, 0.3) is 11.8 Å². The van der Waals surface area contributed by atoms with Gasteiger partial charge in [-0.3, -0.25) is 20.4 Å². The van der Waals surface area contributed by atoms with E-state index in [1.54, 1.807) is 30.3 Å². The van der Waals surface area contributed by atoms with Gasteiger partial charge in [0.1, 0.15) is 11.5 Å². The molecule has 0 spiro atoms. The van der Waals surface area contributed by atoms with Gasteiger partial charge < -0.3 is 9.47 Å². The Kier molecular flexibility index (Phi) is 4.81. The predicted octanol–water partition coefficient (Wildman–Crippen LogP) is 1.09. The van der Waals surface area contributed by atoms with Crippen molar-refractivity contribution in [2.24, 2.45) is 0 Å². The number of nitrogens with zero attached hydrogens (tertiary/aromatic N) is 1. The summed E-state index contributed by atoms with van der Waals surface area (Å²) in [4.78, 5) is 23.8. The molecular weight excluding hydrogens is 322 g/mol. The molecule has 7 nitrogen and oxygen atoms in total. The number of carbonyl (C=O) groups excluding carboxylic acids is 2. The lowest BCUT2D eigenvalue weighted by molar-refractivity contribution is -0.133. The quantitative estimate of drug-likeness (QED) is 0.814. The number of benzene rings is 2. The van der Waals surface area contributed by atoms with E-state index in [4.69, 9.17) is 14.7 Å². The maximum atomic E-state index is 12.0. The minimum atomic E-state index is -0.669. The van der Waals surface area contributed by atoms with Crippen molar-refractivity contribution in [3.8, 4) is 17.6 Å². The summed E-state index contributed by atoms with van der Waals surface area (Å²) >= 11 is 0. The zero-order valence-corrected chi connectivity index (χ0v) is 13.2. The third kappa shape index (κ3) is 4.06. The highest BCUT2D eigenvalue weighted by Crippen LogP contribution is 2.27. The molecule has 0 aliphatic carbocycles. The number of carbonyl (C=O) groups is 2. The number of nitrogens with one attached hydrogen (secondary N) is 2. The zero-order chi connectivity index (χ0) is 17.6. The number of fused-ring (bicyclic) bond motifs is 1. The van der Waals surface area contributed by atoms with E-state index >= 15 is 0 Å². The summed E-state index contributed by atoms with van der Waals surface area (Å²) in [5, 5.41) is 8.71. The van der Waals surface area contributed by atoms with Crippen LogP contribution in [-0.4, -0.2) is 24.5 Å². The standard InChI is InChI=1S/C18H15N3O4/c19-10-12-5-7-14(8-6-12)24-11-17(22)20-21-18(23)16-9-13-3-1-2-4-15(13)25-16/h1-8,16H,9,11H2,(H,20,22)(H,21,23)/t16-/m0/s1. The van der Waals surface area contributed by atoms with Crippen LogP contribution in [0.1, 0.15) is 11.1 Å². The van der Waals surface area contributed by atoms with Crippen LogP contribution in [0, 0.1) is 11.3 Å². The van der Waals surface area contributed by atoms with E-state index < -0.39 is 17.9 Å². The van der Waals surface area contributed by atoms with Gasteiger partial charge in [-0.2, -0.15) is 5.26 Å². The Morgan fingerprint density at radius 3 is 2.64 bits per heavy atom. The van der Waals surface area contributed by atoms with E-state index in [2.05, 4.69) is 10.9 Å². The van der Waals surface area contributed by atoms with E-state index in [1.165, 1.54) is 0 Å². The Balaban J connectivity index is 1.42. The van der Waals surface area contributed by atoms with Crippen LogP contribution >= 0.6 is 0 Å². The molecular formula is C18H15N3O4. The van der Waals surface area contributed by atoms with Crippen molar-refractivity contribution in [2.75, 3.05) is 6.61 Å². The first-order chi connectivity index (χ1) is 12.2. The summed E-state index contributed by atoms with van der Waals surface area (Å²) in [6.07, 6.45) is -0.211. The monoisotopic (exact) mass is 337 g/mol. The van der Waals surface area contributed by atoms with Crippen LogP contribution in [0.25, 0.3) is 0 Å². The van der Waals surface area contributed by atoms with Crippen LogP contribution in [0.2, 0.25) is 0 Å². The highest BCUT2D eigenvalue weighted by atomic mass is 16.5. The lowest BCUT2D eigenvalue weighted by atomic mass is 10.1. The van der Waals surface area contributed by atoms with Crippen molar-refractivity contribution in [3.05, 3.63) is 59.7 Å². The summed E-state index contributed by atoms with van der Waals surface area (Å²) in [6.45, 7) is -0.266. The average molecular weight is 337 g/mol.